The maximum Gasteiger partial charge on any atom is 0.359 e. The lowest BCUT2D eigenvalue weighted by atomic mass is 10.1. The molecule has 0 radical (unpaired) electrons. The standard InChI is InChI=1S/C18H17N3O3/c1-18(2,3)24-17(23)15-14(5-4-10-20-15)21-16(22)13-8-6-12(11-19)7-9-13/h4-10H,1-3H3,(H,21,22). The zero-order chi connectivity index (χ0) is 17.7. The van der Waals surface area contributed by atoms with Crippen LogP contribution in [-0.2, 0) is 4.74 Å². The van der Waals surface area contributed by atoms with Crippen LogP contribution >= 0.6 is 0 Å². The second kappa shape index (κ2) is 6.92. The van der Waals surface area contributed by atoms with E-state index in [1.165, 1.54) is 18.3 Å². The Bertz CT molecular complexity index is 799. The van der Waals surface area contributed by atoms with E-state index in [1.54, 1.807) is 45.0 Å². The van der Waals surface area contributed by atoms with E-state index >= 15 is 0 Å². The first-order valence-electron chi connectivity index (χ1n) is 7.30. The highest BCUT2D eigenvalue weighted by Crippen LogP contribution is 2.18. The van der Waals surface area contributed by atoms with E-state index in [2.05, 4.69) is 10.3 Å². The fourth-order valence-electron chi connectivity index (χ4n) is 1.89. The Morgan fingerprint density at radius 1 is 1.17 bits per heavy atom. The summed E-state index contributed by atoms with van der Waals surface area (Å²) in [6, 6.07) is 11.4. The van der Waals surface area contributed by atoms with Gasteiger partial charge >= 0.3 is 5.97 Å². The molecule has 1 amide bonds. The van der Waals surface area contributed by atoms with E-state index in [-0.39, 0.29) is 11.4 Å². The summed E-state index contributed by atoms with van der Waals surface area (Å²) in [5, 5.41) is 11.4. The Labute approximate surface area is 140 Å². The van der Waals surface area contributed by atoms with Gasteiger partial charge in [0.05, 0.1) is 17.3 Å². The van der Waals surface area contributed by atoms with Gasteiger partial charge in [-0.25, -0.2) is 9.78 Å². The van der Waals surface area contributed by atoms with Crippen molar-refractivity contribution in [1.29, 1.82) is 5.26 Å². The van der Waals surface area contributed by atoms with E-state index in [0.29, 0.717) is 11.1 Å². The Hall–Kier alpha value is -3.20. The number of carbonyl (C=O) groups is 2. The molecule has 0 aliphatic rings. The average molecular weight is 323 g/mol. The lowest BCUT2D eigenvalue weighted by molar-refractivity contribution is 0.00642. The van der Waals surface area contributed by atoms with Crippen LogP contribution in [-0.4, -0.2) is 22.5 Å². The van der Waals surface area contributed by atoms with Gasteiger partial charge in [-0.3, -0.25) is 4.79 Å². The number of nitrogens with one attached hydrogen (secondary N) is 1. The molecule has 122 valence electrons. The van der Waals surface area contributed by atoms with Crippen LogP contribution in [0.3, 0.4) is 0 Å². The smallest absolute Gasteiger partial charge is 0.359 e. The summed E-state index contributed by atoms with van der Waals surface area (Å²) < 4.78 is 5.29. The van der Waals surface area contributed by atoms with E-state index < -0.39 is 17.5 Å². The molecular formula is C18H17N3O3. The molecule has 0 bridgehead atoms. The summed E-state index contributed by atoms with van der Waals surface area (Å²) >= 11 is 0. The number of nitriles is 1. The molecule has 0 aliphatic heterocycles. The van der Waals surface area contributed by atoms with Crippen LogP contribution in [0.1, 0.15) is 47.2 Å². The van der Waals surface area contributed by atoms with E-state index in [9.17, 15) is 9.59 Å². The third-order valence-corrected chi connectivity index (χ3v) is 2.92. The summed E-state index contributed by atoms with van der Waals surface area (Å²) in [6.07, 6.45) is 1.45. The number of pyridine rings is 1. The number of rotatable bonds is 3. The number of ether oxygens (including phenoxy) is 1. The number of hydrogen-bond donors (Lipinski definition) is 1. The molecule has 0 unspecified atom stereocenters. The van der Waals surface area contributed by atoms with Crippen molar-refractivity contribution < 1.29 is 14.3 Å². The van der Waals surface area contributed by atoms with Crippen LogP contribution < -0.4 is 5.32 Å². The first kappa shape index (κ1) is 17.2. The predicted octanol–water partition coefficient (Wildman–Crippen LogP) is 3.16. The topological polar surface area (TPSA) is 92.1 Å². The van der Waals surface area contributed by atoms with Crippen molar-refractivity contribution in [3.8, 4) is 6.07 Å². The predicted molar refractivity (Wildman–Crippen MR) is 88.5 cm³/mol. The number of aromatic nitrogens is 1. The molecule has 1 aromatic carbocycles. The lowest BCUT2D eigenvalue weighted by Crippen LogP contribution is -2.25. The summed E-state index contributed by atoms with van der Waals surface area (Å²) in [4.78, 5) is 28.5. The lowest BCUT2D eigenvalue weighted by Gasteiger charge is -2.20. The normalized spacial score (nSPS) is 10.6. The molecule has 0 aliphatic carbocycles. The maximum atomic E-state index is 12.3. The van der Waals surface area contributed by atoms with Crippen molar-refractivity contribution in [3.05, 3.63) is 59.4 Å². The van der Waals surface area contributed by atoms with Crippen molar-refractivity contribution in [2.75, 3.05) is 5.32 Å². The number of anilines is 1. The monoisotopic (exact) mass is 323 g/mol. The molecule has 2 rings (SSSR count). The van der Waals surface area contributed by atoms with Crippen LogP contribution in [0.5, 0.6) is 0 Å². The number of hydrogen-bond acceptors (Lipinski definition) is 5. The fraction of sp³-hybridized carbons (Fsp3) is 0.222. The second-order valence-corrected chi connectivity index (χ2v) is 6.04. The van der Waals surface area contributed by atoms with E-state index in [4.69, 9.17) is 10.00 Å². The van der Waals surface area contributed by atoms with Gasteiger partial charge in [-0.2, -0.15) is 5.26 Å². The van der Waals surface area contributed by atoms with Gasteiger partial charge in [0.25, 0.3) is 5.91 Å². The highest BCUT2D eigenvalue weighted by Gasteiger charge is 2.22. The summed E-state index contributed by atoms with van der Waals surface area (Å²) in [5.74, 6) is -1.02. The number of nitrogens with zero attached hydrogens (tertiary/aromatic N) is 2. The van der Waals surface area contributed by atoms with Crippen molar-refractivity contribution in [1.82, 2.24) is 4.98 Å². The van der Waals surface area contributed by atoms with Gasteiger partial charge in [-0.1, -0.05) is 0 Å². The Balaban J connectivity index is 2.22. The summed E-state index contributed by atoms with van der Waals surface area (Å²) in [7, 11) is 0. The van der Waals surface area contributed by atoms with Gasteiger partial charge in [0.1, 0.15) is 5.60 Å². The first-order chi connectivity index (χ1) is 11.3. The van der Waals surface area contributed by atoms with Crippen molar-refractivity contribution in [2.24, 2.45) is 0 Å². The molecule has 2 aromatic rings. The Morgan fingerprint density at radius 2 is 1.83 bits per heavy atom. The molecule has 0 saturated carbocycles. The molecule has 0 atom stereocenters. The zero-order valence-corrected chi connectivity index (χ0v) is 13.7. The average Bonchev–Trinajstić information content (AvgIpc) is 2.53. The quantitative estimate of drug-likeness (QED) is 0.876. The van der Waals surface area contributed by atoms with Crippen molar-refractivity contribution >= 4 is 17.6 Å². The Morgan fingerprint density at radius 3 is 2.42 bits per heavy atom. The van der Waals surface area contributed by atoms with Gasteiger partial charge in [0.2, 0.25) is 0 Å². The number of benzene rings is 1. The first-order valence-corrected chi connectivity index (χ1v) is 7.30. The molecule has 1 aromatic heterocycles. The van der Waals surface area contributed by atoms with Gasteiger partial charge in [0.15, 0.2) is 5.69 Å². The SMILES string of the molecule is CC(C)(C)OC(=O)c1ncccc1NC(=O)c1ccc(C#N)cc1. The molecule has 0 saturated heterocycles. The molecule has 1 N–H and O–H groups in total. The third kappa shape index (κ3) is 4.40. The highest BCUT2D eigenvalue weighted by molar-refractivity contribution is 6.07. The van der Waals surface area contributed by atoms with Gasteiger partial charge < -0.3 is 10.1 Å². The minimum absolute atomic E-state index is 0.0365. The molecular weight excluding hydrogens is 306 g/mol. The molecule has 6 heteroatoms. The molecule has 0 fully saturated rings. The summed E-state index contributed by atoms with van der Waals surface area (Å²) in [5.41, 5.74) is 0.467. The van der Waals surface area contributed by atoms with Crippen molar-refractivity contribution in [3.63, 3.8) is 0 Å². The Kier molecular flexibility index (Phi) is 4.95. The zero-order valence-electron chi connectivity index (χ0n) is 13.7. The fourth-order valence-corrected chi connectivity index (χ4v) is 1.89. The van der Waals surface area contributed by atoms with Gasteiger partial charge in [0, 0.05) is 11.8 Å². The van der Waals surface area contributed by atoms with Crippen LogP contribution in [0.2, 0.25) is 0 Å². The minimum Gasteiger partial charge on any atom is -0.455 e. The van der Waals surface area contributed by atoms with Gasteiger partial charge in [-0.15, -0.1) is 0 Å². The van der Waals surface area contributed by atoms with Crippen LogP contribution in [0, 0.1) is 11.3 Å². The second-order valence-electron chi connectivity index (χ2n) is 6.04. The van der Waals surface area contributed by atoms with Crippen LogP contribution in [0.15, 0.2) is 42.6 Å². The molecule has 0 spiro atoms. The largest absolute Gasteiger partial charge is 0.455 e. The third-order valence-electron chi connectivity index (χ3n) is 2.92. The molecule has 24 heavy (non-hydrogen) atoms. The van der Waals surface area contributed by atoms with Crippen molar-refractivity contribution in [2.45, 2.75) is 26.4 Å². The van der Waals surface area contributed by atoms with E-state index in [1.807, 2.05) is 6.07 Å². The van der Waals surface area contributed by atoms with Crippen LogP contribution in [0.25, 0.3) is 0 Å². The minimum atomic E-state index is -0.664. The van der Waals surface area contributed by atoms with E-state index in [0.717, 1.165) is 0 Å². The van der Waals surface area contributed by atoms with Crippen LogP contribution in [0.4, 0.5) is 5.69 Å². The number of esters is 1. The molecule has 1 heterocycles. The van der Waals surface area contributed by atoms with Gasteiger partial charge in [-0.05, 0) is 57.2 Å². The molecule has 6 nitrogen and oxygen atoms in total. The summed E-state index contributed by atoms with van der Waals surface area (Å²) in [6.45, 7) is 5.26. The highest BCUT2D eigenvalue weighted by atomic mass is 16.6. The number of carbonyl (C=O) groups excluding carboxylic acids is 2. The number of amides is 1. The maximum absolute atomic E-state index is 12.3.